The predicted octanol–water partition coefficient (Wildman–Crippen LogP) is 10.6. The second-order valence-corrected chi connectivity index (χ2v) is 9.85. The Morgan fingerprint density at radius 1 is 0.535 bits per heavy atom. The van der Waals surface area contributed by atoms with Gasteiger partial charge in [-0.15, -0.1) is 0 Å². The van der Waals surface area contributed by atoms with Crippen LogP contribution in [-0.2, 0) is 12.5 Å². The molecule has 5 aromatic rings. The molecule has 0 aromatic heterocycles. The van der Waals surface area contributed by atoms with Crippen LogP contribution < -0.4 is 4.74 Å². The Kier molecular flexibility index (Phi) is 8.26. The molecule has 0 saturated carbocycles. The zero-order chi connectivity index (χ0) is 30.9. The summed E-state index contributed by atoms with van der Waals surface area (Å²) < 4.78 is 119. The molecule has 0 fully saturated rings. The van der Waals surface area contributed by atoms with Gasteiger partial charge in [0.2, 0.25) is 0 Å². The van der Waals surface area contributed by atoms with E-state index in [1.807, 2.05) is 24.3 Å². The zero-order valence-corrected chi connectivity index (χ0v) is 22.5. The van der Waals surface area contributed by atoms with Gasteiger partial charge in [0.1, 0.15) is 23.2 Å². The highest BCUT2D eigenvalue weighted by atomic mass is 19.3. The fourth-order valence-corrected chi connectivity index (χ4v) is 4.71. The van der Waals surface area contributed by atoms with Crippen LogP contribution in [-0.4, -0.2) is 0 Å². The van der Waals surface area contributed by atoms with E-state index in [1.165, 1.54) is 12.1 Å². The number of hydrogen-bond acceptors (Lipinski definition) is 1. The quantitative estimate of drug-likeness (QED) is 0.128. The van der Waals surface area contributed by atoms with Gasteiger partial charge in [0.15, 0.2) is 17.5 Å². The van der Waals surface area contributed by atoms with Crippen LogP contribution in [0.2, 0.25) is 0 Å². The summed E-state index contributed by atoms with van der Waals surface area (Å²) in [7, 11) is 0. The number of aryl methyl sites for hydroxylation is 1. The number of hydrogen-bond donors (Lipinski definition) is 0. The first kappa shape index (κ1) is 29.8. The number of halogens is 8. The summed E-state index contributed by atoms with van der Waals surface area (Å²) in [4.78, 5) is 0. The summed E-state index contributed by atoms with van der Waals surface area (Å²) in [6.07, 6.45) is -2.37. The molecule has 0 unspecified atom stereocenters. The molecule has 0 saturated heterocycles. The summed E-state index contributed by atoms with van der Waals surface area (Å²) in [5, 5.41) is 0. The molecule has 0 spiro atoms. The first-order valence-corrected chi connectivity index (χ1v) is 13.2. The highest BCUT2D eigenvalue weighted by Crippen LogP contribution is 2.37. The van der Waals surface area contributed by atoms with E-state index < -0.39 is 57.9 Å². The maximum Gasteiger partial charge on any atom is 0.429 e. The van der Waals surface area contributed by atoms with Gasteiger partial charge in [-0.3, -0.25) is 0 Å². The molecule has 0 amide bonds. The molecular weight excluding hydrogens is 576 g/mol. The van der Waals surface area contributed by atoms with E-state index >= 15 is 4.39 Å². The largest absolute Gasteiger partial charge is 0.429 e. The summed E-state index contributed by atoms with van der Waals surface area (Å²) in [6.45, 7) is 2.07. The van der Waals surface area contributed by atoms with Crippen molar-refractivity contribution < 1.29 is 39.9 Å². The van der Waals surface area contributed by atoms with Crippen LogP contribution in [0, 0.1) is 34.9 Å². The smallest absolute Gasteiger partial charge is 0.429 e. The third kappa shape index (κ3) is 6.26. The Bertz CT molecular complexity index is 1770. The van der Waals surface area contributed by atoms with Gasteiger partial charge in [0.05, 0.1) is 5.56 Å². The second-order valence-electron chi connectivity index (χ2n) is 9.85. The maximum atomic E-state index is 15.0. The Morgan fingerprint density at radius 2 is 1.07 bits per heavy atom. The van der Waals surface area contributed by atoms with Crippen molar-refractivity contribution in [1.29, 1.82) is 0 Å². The highest BCUT2D eigenvalue weighted by Gasteiger charge is 2.38. The van der Waals surface area contributed by atoms with Crippen molar-refractivity contribution >= 4 is 0 Å². The lowest BCUT2D eigenvalue weighted by molar-refractivity contribution is -0.187. The van der Waals surface area contributed by atoms with Crippen LogP contribution in [0.15, 0.2) is 91.0 Å². The number of ether oxygens (including phenoxy) is 1. The van der Waals surface area contributed by atoms with Gasteiger partial charge in [-0.25, -0.2) is 26.3 Å². The standard InChI is InChI=1S/C34H22F8O/c1-2-3-19-4-6-20(7-5-19)21-8-11-25(28(35)14-21)22-9-13-27(30(37)15-22)34(41,42)43-24-10-12-26(29(36)18-24)23-16-31(38)33(40)32(39)17-23/h4-18H,2-3H2,1H3. The lowest BCUT2D eigenvalue weighted by Crippen LogP contribution is -2.23. The first-order chi connectivity index (χ1) is 20.5. The minimum absolute atomic E-state index is 0.00707. The second kappa shape index (κ2) is 11.9. The molecule has 43 heavy (non-hydrogen) atoms. The third-order valence-electron chi connectivity index (χ3n) is 6.87. The molecule has 0 aliphatic carbocycles. The van der Waals surface area contributed by atoms with E-state index in [0.717, 1.165) is 54.3 Å². The minimum atomic E-state index is -4.28. The number of alkyl halides is 2. The van der Waals surface area contributed by atoms with E-state index in [0.29, 0.717) is 23.8 Å². The van der Waals surface area contributed by atoms with Crippen molar-refractivity contribution in [2.24, 2.45) is 0 Å². The zero-order valence-electron chi connectivity index (χ0n) is 22.5. The molecule has 5 aromatic carbocycles. The van der Waals surface area contributed by atoms with E-state index in [1.54, 1.807) is 6.07 Å². The average Bonchev–Trinajstić information content (AvgIpc) is 2.96. The molecule has 0 atom stereocenters. The van der Waals surface area contributed by atoms with Gasteiger partial charge < -0.3 is 4.74 Å². The molecular formula is C34H22F8O. The Balaban J connectivity index is 1.36. The van der Waals surface area contributed by atoms with Crippen molar-refractivity contribution in [3.8, 4) is 39.1 Å². The molecule has 0 heterocycles. The maximum absolute atomic E-state index is 15.0. The Labute approximate surface area is 242 Å². The summed E-state index contributed by atoms with van der Waals surface area (Å²) in [6, 6.07) is 18.0. The lowest BCUT2D eigenvalue weighted by atomic mass is 9.97. The normalized spacial score (nSPS) is 11.6. The molecule has 0 bridgehead atoms. The number of benzene rings is 5. The number of rotatable bonds is 8. The predicted molar refractivity (Wildman–Crippen MR) is 147 cm³/mol. The molecule has 220 valence electrons. The van der Waals surface area contributed by atoms with Crippen molar-refractivity contribution in [2.45, 2.75) is 25.9 Å². The van der Waals surface area contributed by atoms with Crippen LogP contribution in [0.5, 0.6) is 5.75 Å². The van der Waals surface area contributed by atoms with Crippen molar-refractivity contribution in [3.05, 3.63) is 137 Å². The van der Waals surface area contributed by atoms with Gasteiger partial charge in [-0.05, 0) is 76.7 Å². The Morgan fingerprint density at radius 3 is 1.67 bits per heavy atom. The van der Waals surface area contributed by atoms with Crippen molar-refractivity contribution in [2.75, 3.05) is 0 Å². The lowest BCUT2D eigenvalue weighted by Gasteiger charge is -2.20. The molecule has 9 heteroatoms. The Hall–Kier alpha value is -4.66. The molecule has 1 nitrogen and oxygen atoms in total. The van der Waals surface area contributed by atoms with Crippen LogP contribution in [0.1, 0.15) is 24.5 Å². The van der Waals surface area contributed by atoms with Crippen LogP contribution in [0.25, 0.3) is 33.4 Å². The molecule has 0 radical (unpaired) electrons. The molecule has 0 aliphatic heterocycles. The highest BCUT2D eigenvalue weighted by molar-refractivity contribution is 5.71. The monoisotopic (exact) mass is 598 g/mol. The van der Waals surface area contributed by atoms with Crippen LogP contribution >= 0.6 is 0 Å². The summed E-state index contributed by atoms with van der Waals surface area (Å²) in [5.41, 5.74) is 0.553. The minimum Gasteiger partial charge on any atom is -0.429 e. The topological polar surface area (TPSA) is 9.23 Å². The van der Waals surface area contributed by atoms with Crippen LogP contribution in [0.3, 0.4) is 0 Å². The van der Waals surface area contributed by atoms with Crippen molar-refractivity contribution in [3.63, 3.8) is 0 Å². The van der Waals surface area contributed by atoms with E-state index in [-0.39, 0.29) is 16.7 Å². The fourth-order valence-electron chi connectivity index (χ4n) is 4.71. The SMILES string of the molecule is CCCc1ccc(-c2ccc(-c3ccc(C(F)(F)Oc4ccc(-c5cc(F)c(F)c(F)c5)c(F)c4)c(F)c3)c(F)c2)cc1. The summed E-state index contributed by atoms with van der Waals surface area (Å²) in [5.74, 6) is -8.87. The van der Waals surface area contributed by atoms with Crippen molar-refractivity contribution in [1.82, 2.24) is 0 Å². The van der Waals surface area contributed by atoms with Gasteiger partial charge in [-0.2, -0.15) is 8.78 Å². The van der Waals surface area contributed by atoms with E-state index in [9.17, 15) is 30.7 Å². The van der Waals surface area contributed by atoms with Gasteiger partial charge in [0, 0.05) is 17.2 Å². The summed E-state index contributed by atoms with van der Waals surface area (Å²) >= 11 is 0. The van der Waals surface area contributed by atoms with E-state index in [2.05, 4.69) is 11.7 Å². The average molecular weight is 599 g/mol. The van der Waals surface area contributed by atoms with Gasteiger partial charge >= 0.3 is 6.11 Å². The first-order valence-electron chi connectivity index (χ1n) is 13.2. The van der Waals surface area contributed by atoms with Gasteiger partial charge in [0.25, 0.3) is 0 Å². The third-order valence-corrected chi connectivity index (χ3v) is 6.87. The molecule has 5 rings (SSSR count). The molecule has 0 N–H and O–H groups in total. The van der Waals surface area contributed by atoms with E-state index in [4.69, 9.17) is 0 Å². The van der Waals surface area contributed by atoms with Crippen LogP contribution in [0.4, 0.5) is 35.1 Å². The molecule has 0 aliphatic rings. The fraction of sp³-hybridized carbons (Fsp3) is 0.118. The van der Waals surface area contributed by atoms with Gasteiger partial charge in [-0.1, -0.05) is 55.8 Å².